The molecule has 8 heteroatoms. The van der Waals surface area contributed by atoms with Crippen LogP contribution < -0.4 is 16.0 Å². The van der Waals surface area contributed by atoms with Gasteiger partial charge in [-0.2, -0.15) is 0 Å². The summed E-state index contributed by atoms with van der Waals surface area (Å²) < 4.78 is 0.808. The van der Waals surface area contributed by atoms with E-state index in [1.807, 2.05) is 20.8 Å². The van der Waals surface area contributed by atoms with Crippen molar-refractivity contribution in [2.75, 3.05) is 16.0 Å². The molecule has 0 fully saturated rings. The third-order valence-electron chi connectivity index (χ3n) is 4.42. The summed E-state index contributed by atoms with van der Waals surface area (Å²) in [5.41, 5.74) is 1.21. The predicted molar refractivity (Wildman–Crippen MR) is 129 cm³/mol. The fourth-order valence-corrected chi connectivity index (χ4v) is 2.87. The Morgan fingerprint density at radius 1 is 0.781 bits per heavy atom. The summed E-state index contributed by atoms with van der Waals surface area (Å²) in [6.07, 6.45) is 1.59. The molecule has 0 unspecified atom stereocenters. The number of rotatable bonds is 5. The molecule has 2 aromatic carbocycles. The standard InChI is InChI=1S/C24H23BrN4O3/c1-24(2,3)23(32)28-19-9-5-6-15(13-19)21(30)27-18-8-4-7-16(12-18)22(31)29-20-11-10-17(25)14-26-20/h4-14H,1-3H3,(H,27,30)(H,28,32)(H,26,29,31). The van der Waals surface area contributed by atoms with Crippen molar-refractivity contribution >= 4 is 50.8 Å². The third-order valence-corrected chi connectivity index (χ3v) is 4.88. The summed E-state index contributed by atoms with van der Waals surface area (Å²) in [4.78, 5) is 41.6. The molecule has 1 heterocycles. The minimum Gasteiger partial charge on any atom is -0.326 e. The fourth-order valence-electron chi connectivity index (χ4n) is 2.64. The van der Waals surface area contributed by atoms with Gasteiger partial charge in [-0.3, -0.25) is 14.4 Å². The smallest absolute Gasteiger partial charge is 0.256 e. The number of amides is 3. The highest BCUT2D eigenvalue weighted by molar-refractivity contribution is 9.10. The zero-order chi connectivity index (χ0) is 23.3. The summed E-state index contributed by atoms with van der Waals surface area (Å²) in [6.45, 7) is 5.44. The number of carbonyl (C=O) groups excluding carboxylic acids is 3. The second-order valence-corrected chi connectivity index (χ2v) is 9.05. The average molecular weight is 495 g/mol. The van der Waals surface area contributed by atoms with Gasteiger partial charge in [0.1, 0.15) is 5.82 Å². The van der Waals surface area contributed by atoms with Crippen LogP contribution in [0.3, 0.4) is 0 Å². The largest absolute Gasteiger partial charge is 0.326 e. The second-order valence-electron chi connectivity index (χ2n) is 8.14. The van der Waals surface area contributed by atoms with Crippen molar-refractivity contribution < 1.29 is 14.4 Å². The number of benzene rings is 2. The maximum absolute atomic E-state index is 12.7. The monoisotopic (exact) mass is 494 g/mol. The first-order chi connectivity index (χ1) is 15.1. The topological polar surface area (TPSA) is 100 Å². The molecule has 32 heavy (non-hydrogen) atoms. The maximum atomic E-state index is 12.7. The van der Waals surface area contributed by atoms with Gasteiger partial charge in [0.15, 0.2) is 0 Å². The van der Waals surface area contributed by atoms with E-state index in [1.54, 1.807) is 66.9 Å². The first-order valence-corrected chi connectivity index (χ1v) is 10.7. The first-order valence-electron chi connectivity index (χ1n) is 9.88. The molecule has 3 amide bonds. The molecule has 0 saturated heterocycles. The lowest BCUT2D eigenvalue weighted by Crippen LogP contribution is -2.27. The molecular formula is C24H23BrN4O3. The third kappa shape index (κ3) is 6.24. The summed E-state index contributed by atoms with van der Waals surface area (Å²) in [6, 6.07) is 16.7. The molecule has 0 aliphatic rings. The van der Waals surface area contributed by atoms with Crippen LogP contribution in [0, 0.1) is 5.41 Å². The van der Waals surface area contributed by atoms with Crippen LogP contribution in [0.4, 0.5) is 17.2 Å². The van der Waals surface area contributed by atoms with Gasteiger partial charge in [-0.25, -0.2) is 4.98 Å². The van der Waals surface area contributed by atoms with Crippen molar-refractivity contribution in [3.05, 3.63) is 82.5 Å². The molecule has 0 bridgehead atoms. The number of carbonyl (C=O) groups is 3. The van der Waals surface area contributed by atoms with Crippen LogP contribution in [0.2, 0.25) is 0 Å². The summed E-state index contributed by atoms with van der Waals surface area (Å²) in [5.74, 6) is -0.428. The number of hydrogen-bond acceptors (Lipinski definition) is 4. The van der Waals surface area contributed by atoms with Gasteiger partial charge >= 0.3 is 0 Å². The lowest BCUT2D eigenvalue weighted by molar-refractivity contribution is -0.123. The number of nitrogens with zero attached hydrogens (tertiary/aromatic N) is 1. The molecule has 0 spiro atoms. The van der Waals surface area contributed by atoms with E-state index in [1.165, 1.54) is 0 Å². The number of halogens is 1. The Morgan fingerprint density at radius 2 is 1.34 bits per heavy atom. The second kappa shape index (κ2) is 9.74. The summed E-state index contributed by atoms with van der Waals surface area (Å²) >= 11 is 3.30. The van der Waals surface area contributed by atoms with E-state index >= 15 is 0 Å². The average Bonchev–Trinajstić information content (AvgIpc) is 2.75. The zero-order valence-corrected chi connectivity index (χ0v) is 19.5. The maximum Gasteiger partial charge on any atom is 0.256 e. The molecule has 0 atom stereocenters. The molecule has 0 saturated carbocycles. The van der Waals surface area contributed by atoms with Crippen LogP contribution in [0.25, 0.3) is 0 Å². The van der Waals surface area contributed by atoms with Crippen LogP contribution in [-0.2, 0) is 4.79 Å². The minimum atomic E-state index is -0.551. The Hall–Kier alpha value is -3.52. The highest BCUT2D eigenvalue weighted by atomic mass is 79.9. The lowest BCUT2D eigenvalue weighted by atomic mass is 9.95. The van der Waals surface area contributed by atoms with Crippen molar-refractivity contribution in [3.8, 4) is 0 Å². The molecule has 0 aliphatic heterocycles. The summed E-state index contributed by atoms with van der Waals surface area (Å²) in [5, 5.41) is 8.30. The van der Waals surface area contributed by atoms with Crippen LogP contribution in [0.15, 0.2) is 71.3 Å². The quantitative estimate of drug-likeness (QED) is 0.445. The molecule has 0 radical (unpaired) electrons. The minimum absolute atomic E-state index is 0.144. The van der Waals surface area contributed by atoms with E-state index in [-0.39, 0.29) is 17.7 Å². The highest BCUT2D eigenvalue weighted by Gasteiger charge is 2.21. The first kappa shape index (κ1) is 23.1. The van der Waals surface area contributed by atoms with E-state index in [0.717, 1.165) is 4.47 Å². The Labute approximate surface area is 194 Å². The van der Waals surface area contributed by atoms with Gasteiger partial charge in [0.2, 0.25) is 5.91 Å². The molecule has 0 aliphatic carbocycles. The summed E-state index contributed by atoms with van der Waals surface area (Å²) in [7, 11) is 0. The van der Waals surface area contributed by atoms with Crippen molar-refractivity contribution in [2.24, 2.45) is 5.41 Å². The Bertz CT molecular complexity index is 1150. The van der Waals surface area contributed by atoms with Gasteiger partial charge in [-0.15, -0.1) is 0 Å². The van der Waals surface area contributed by atoms with Crippen molar-refractivity contribution in [1.29, 1.82) is 0 Å². The molecule has 3 aromatic rings. The molecular weight excluding hydrogens is 472 g/mol. The number of nitrogens with one attached hydrogen (secondary N) is 3. The van der Waals surface area contributed by atoms with Gasteiger partial charge in [-0.05, 0) is 64.5 Å². The number of aromatic nitrogens is 1. The van der Waals surface area contributed by atoms with Crippen molar-refractivity contribution in [1.82, 2.24) is 4.98 Å². The van der Waals surface area contributed by atoms with Gasteiger partial charge in [0, 0.05) is 38.6 Å². The number of pyridine rings is 1. The Morgan fingerprint density at radius 3 is 1.88 bits per heavy atom. The van der Waals surface area contributed by atoms with E-state index < -0.39 is 5.41 Å². The van der Waals surface area contributed by atoms with E-state index in [9.17, 15) is 14.4 Å². The zero-order valence-electron chi connectivity index (χ0n) is 17.9. The van der Waals surface area contributed by atoms with Crippen molar-refractivity contribution in [3.63, 3.8) is 0 Å². The van der Waals surface area contributed by atoms with Crippen molar-refractivity contribution in [2.45, 2.75) is 20.8 Å². The molecule has 7 nitrogen and oxygen atoms in total. The number of anilines is 3. The highest BCUT2D eigenvalue weighted by Crippen LogP contribution is 2.20. The van der Waals surface area contributed by atoms with Crippen LogP contribution in [0.1, 0.15) is 41.5 Å². The van der Waals surface area contributed by atoms with Gasteiger partial charge in [0.05, 0.1) is 0 Å². The van der Waals surface area contributed by atoms with Crippen LogP contribution in [0.5, 0.6) is 0 Å². The lowest BCUT2D eigenvalue weighted by Gasteiger charge is -2.18. The SMILES string of the molecule is CC(C)(C)C(=O)Nc1cccc(C(=O)Nc2cccc(C(=O)Nc3ccc(Br)cn3)c2)c1. The van der Waals surface area contributed by atoms with E-state index in [4.69, 9.17) is 0 Å². The fraction of sp³-hybridized carbons (Fsp3) is 0.167. The normalized spacial score (nSPS) is 10.9. The van der Waals surface area contributed by atoms with E-state index in [2.05, 4.69) is 36.9 Å². The van der Waals surface area contributed by atoms with Gasteiger partial charge in [0.25, 0.3) is 11.8 Å². The molecule has 1 aromatic heterocycles. The van der Waals surface area contributed by atoms with Crippen LogP contribution in [-0.4, -0.2) is 22.7 Å². The Balaban J connectivity index is 1.69. The van der Waals surface area contributed by atoms with Gasteiger partial charge in [-0.1, -0.05) is 32.9 Å². The number of hydrogen-bond donors (Lipinski definition) is 3. The van der Waals surface area contributed by atoms with Crippen LogP contribution >= 0.6 is 15.9 Å². The Kier molecular flexibility index (Phi) is 7.05. The van der Waals surface area contributed by atoms with Gasteiger partial charge < -0.3 is 16.0 Å². The molecule has 3 N–H and O–H groups in total. The molecule has 3 rings (SSSR count). The van der Waals surface area contributed by atoms with E-state index in [0.29, 0.717) is 28.3 Å². The molecule has 164 valence electrons. The predicted octanol–water partition coefficient (Wildman–Crippen LogP) is 5.33.